The van der Waals surface area contributed by atoms with Crippen LogP contribution in [0.1, 0.15) is 87.2 Å². The quantitative estimate of drug-likeness (QED) is 0.00913. The molecular weight excluding hydrogens is 1590 g/mol. The Balaban J connectivity index is 0.00000123. The minimum Gasteiger partial charge on any atom is -0.494 e. The molecule has 2 heterocycles. The molecule has 5 aromatic rings. The highest BCUT2D eigenvalue weighted by atomic mass is 127. The predicted octanol–water partition coefficient (Wildman–Crippen LogP) is 11.9. The van der Waals surface area contributed by atoms with E-state index in [1.807, 2.05) is 48.5 Å². The summed E-state index contributed by atoms with van der Waals surface area (Å²) < 4.78 is 34.3. The number of nitrogens with zero attached hydrogens (tertiary/aromatic N) is 8. The lowest BCUT2D eigenvalue weighted by molar-refractivity contribution is -0.139. The van der Waals surface area contributed by atoms with Crippen molar-refractivity contribution in [2.45, 2.75) is 90.1 Å². The molecule has 0 bridgehead atoms. The Bertz CT molecular complexity index is 3160. The molecule has 0 fully saturated rings. The third-order valence-corrected chi connectivity index (χ3v) is 13.7. The van der Waals surface area contributed by atoms with E-state index >= 15 is 0 Å². The Morgan fingerprint density at radius 1 is 0.422 bits per heavy atom. The summed E-state index contributed by atoms with van der Waals surface area (Å²) in [6.45, 7) is 6.01. The molecule has 0 saturated carbocycles. The smallest absolute Gasteiger partial charge is 0.309 e. The van der Waals surface area contributed by atoms with Crippen LogP contribution < -0.4 is 20.1 Å². The van der Waals surface area contributed by atoms with Crippen LogP contribution in [0.4, 0.5) is 22.7 Å². The van der Waals surface area contributed by atoms with Gasteiger partial charge in [-0.05, 0) is 90.7 Å². The zero-order chi connectivity index (χ0) is 75.0. The van der Waals surface area contributed by atoms with E-state index in [2.05, 4.69) is 95.8 Å². The van der Waals surface area contributed by atoms with Gasteiger partial charge in [0.2, 0.25) is 0 Å². The van der Waals surface area contributed by atoms with E-state index in [0.29, 0.717) is 97.9 Å². The monoisotopic (exact) mass is 1670 g/mol. The van der Waals surface area contributed by atoms with E-state index < -0.39 is 11.8 Å². The summed E-state index contributed by atoms with van der Waals surface area (Å²) in [5, 5.41) is 4.63. The molecule has 0 atom stereocenters. The van der Waals surface area contributed by atoms with Gasteiger partial charge in [-0.15, -0.1) is 23.2 Å². The average Bonchev–Trinajstić information content (AvgIpc) is 1.53. The number of unbranched alkanes of at least 4 members (excludes halogenated alkanes) is 9. The Morgan fingerprint density at radius 2 is 0.765 bits per heavy atom. The third-order valence-electron chi connectivity index (χ3n) is 12.5. The molecule has 0 saturated heterocycles. The number of aliphatic imine (C=N–C) groups is 8. The summed E-state index contributed by atoms with van der Waals surface area (Å²) in [6.07, 6.45) is 28.7. The zero-order valence-corrected chi connectivity index (χ0v) is 63.2. The SMILES string of the molecule is COc1cc(-c2ccc(N=CC=O)c(OC)c2)ccc1N=CC=O.ICCOCCOCCI.O=C(NCCCl)C(=O)NCCCl.O=CC=NCCCCCCCCCCCCN=CC=O.O=CC=NCc1ccc(CCc2ccc(CN=CC=O)o2)o1.O=CC=Nc1cccc(N=CC=O)c1. The fourth-order valence-electron chi connectivity index (χ4n) is 7.91. The van der Waals surface area contributed by atoms with Gasteiger partial charge in [0.1, 0.15) is 45.9 Å². The lowest BCUT2D eigenvalue weighted by atomic mass is 10.0. The third kappa shape index (κ3) is 51.6. The van der Waals surface area contributed by atoms with Crippen LogP contribution in [0, 0.1) is 0 Å². The van der Waals surface area contributed by atoms with Crippen LogP contribution in [0.2, 0.25) is 0 Å². The normalized spacial score (nSPS) is 10.8. The summed E-state index contributed by atoms with van der Waals surface area (Å²) in [5.41, 5.74) is 4.15. The van der Waals surface area contributed by atoms with Crippen LogP contribution in [-0.2, 0) is 83.4 Å². The fraction of sp³-hybridized carbons (Fsp3) is 0.389. The van der Waals surface area contributed by atoms with Gasteiger partial charge in [0, 0.05) is 59.6 Å². The van der Waals surface area contributed by atoms with E-state index in [-0.39, 0.29) is 24.8 Å². The first-order chi connectivity index (χ1) is 50.0. The number of benzene rings is 3. The Hall–Kier alpha value is -8.56. The zero-order valence-electron chi connectivity index (χ0n) is 57.3. The Labute approximate surface area is 633 Å². The van der Waals surface area contributed by atoms with E-state index in [1.165, 1.54) is 103 Å². The van der Waals surface area contributed by atoms with Crippen molar-refractivity contribution in [1.82, 2.24) is 10.6 Å². The minimum absolute atomic E-state index is 0.286. The first kappa shape index (κ1) is 93.4. The summed E-state index contributed by atoms with van der Waals surface area (Å²) >= 11 is 15.2. The van der Waals surface area contributed by atoms with E-state index in [0.717, 1.165) is 120 Å². The highest BCUT2D eigenvalue weighted by Gasteiger charge is 2.12. The summed E-state index contributed by atoms with van der Waals surface area (Å²) in [6, 6.07) is 25.3. The molecule has 30 heteroatoms. The van der Waals surface area contributed by atoms with Crippen molar-refractivity contribution in [3.63, 3.8) is 0 Å². The Kier molecular flexibility index (Phi) is 63.7. The molecule has 5 rings (SSSR count). The summed E-state index contributed by atoms with van der Waals surface area (Å²) in [5.74, 6) is 3.43. The number of furan rings is 2. The van der Waals surface area contributed by atoms with Gasteiger partial charge in [-0.1, -0.05) is 115 Å². The van der Waals surface area contributed by atoms with Gasteiger partial charge in [0.05, 0.1) is 115 Å². The highest BCUT2D eigenvalue weighted by Crippen LogP contribution is 2.36. The fourth-order valence-corrected chi connectivity index (χ4v) is 8.72. The van der Waals surface area contributed by atoms with Crippen LogP contribution in [0.15, 0.2) is 134 Å². The number of hydrogen-bond acceptors (Lipinski definition) is 24. The number of nitrogens with one attached hydrogen (secondary N) is 2. The molecule has 2 amide bonds. The van der Waals surface area contributed by atoms with Crippen LogP contribution >= 0.6 is 68.4 Å². The molecule has 2 aromatic heterocycles. The molecule has 102 heavy (non-hydrogen) atoms. The number of carbonyl (C=O) groups is 10. The molecule has 0 unspecified atom stereocenters. The molecular formula is C72H90Cl2I2N10O16. The van der Waals surface area contributed by atoms with Gasteiger partial charge in [0.25, 0.3) is 0 Å². The minimum atomic E-state index is -0.680. The van der Waals surface area contributed by atoms with Crippen molar-refractivity contribution in [3.8, 4) is 22.6 Å². The number of halogens is 4. The van der Waals surface area contributed by atoms with Gasteiger partial charge in [-0.25, -0.2) is 9.98 Å². The molecule has 0 aliphatic heterocycles. The molecule has 0 spiro atoms. The first-order valence-electron chi connectivity index (χ1n) is 32.2. The topological polar surface area (TPSA) is 357 Å². The maximum absolute atomic E-state index is 10.8. The van der Waals surface area contributed by atoms with Gasteiger partial charge in [0.15, 0.2) is 50.3 Å². The number of ether oxygens (including phenoxy) is 4. The summed E-state index contributed by atoms with van der Waals surface area (Å²) in [7, 11) is 3.08. The average molecular weight is 1680 g/mol. The van der Waals surface area contributed by atoms with E-state index in [1.54, 1.807) is 36.4 Å². The predicted molar refractivity (Wildman–Crippen MR) is 422 cm³/mol. The highest BCUT2D eigenvalue weighted by molar-refractivity contribution is 14.1. The van der Waals surface area contributed by atoms with Crippen LogP contribution in [-0.4, -0.2) is 199 Å². The van der Waals surface area contributed by atoms with Crippen LogP contribution in [0.3, 0.4) is 0 Å². The van der Waals surface area contributed by atoms with Crippen molar-refractivity contribution in [3.05, 3.63) is 108 Å². The van der Waals surface area contributed by atoms with E-state index in [4.69, 9.17) is 51.0 Å². The molecule has 2 N–H and O–H groups in total. The first-order valence-corrected chi connectivity index (χ1v) is 36.3. The molecule has 0 aliphatic rings. The van der Waals surface area contributed by atoms with Crippen molar-refractivity contribution in [2.75, 3.05) is 87.4 Å². The number of amides is 2. The number of hydrogen-bond donors (Lipinski definition) is 2. The van der Waals surface area contributed by atoms with Crippen molar-refractivity contribution < 1.29 is 75.7 Å². The summed E-state index contributed by atoms with van der Waals surface area (Å²) in [4.78, 5) is 134. The van der Waals surface area contributed by atoms with Gasteiger partial charge >= 0.3 is 11.8 Å². The van der Waals surface area contributed by atoms with Crippen molar-refractivity contribution in [1.29, 1.82) is 0 Å². The van der Waals surface area contributed by atoms with Gasteiger partial charge < -0.3 is 38.4 Å². The largest absolute Gasteiger partial charge is 0.494 e. The van der Waals surface area contributed by atoms with Crippen molar-refractivity contribution >= 4 is 203 Å². The number of aryl methyl sites for hydroxylation is 2. The van der Waals surface area contributed by atoms with Crippen LogP contribution in [0.25, 0.3) is 11.1 Å². The molecule has 0 radical (unpaired) electrons. The number of methoxy groups -OCH3 is 2. The number of aldehydes is 8. The van der Waals surface area contributed by atoms with Crippen LogP contribution in [0.5, 0.6) is 11.5 Å². The standard InChI is InChI=1S/C18H16N2O4.C16H16N2O4.C16H28N2O2.C10H8N2O2.C6H10Cl2N2O2.C6H12I2O2/c1-23-17-11-13(3-5-15(17)19-7-9-21)14-4-6-16(20-8-10-22)18(12-14)24-2;19-9-7-17-11-15-5-3-13(21-15)1-2-14-4-6-16(22-14)12-18-8-10-20;19-15-13-17-11-9-7-5-3-1-2-4-6-8-10-12-18-14-16-20;13-6-4-11-9-2-1-3-10(8-9)12-5-7-14;7-1-3-9-5(11)6(12)10-4-2-8;7-1-3-9-5-6-10-4-2-8/h3-12H,1-2H3;3-10H,1-2,11-12H2;13-16H,1-12H2;1-8H;1-4H2,(H,9,11)(H,10,12);1-6H2. The maximum Gasteiger partial charge on any atom is 0.309 e. The van der Waals surface area contributed by atoms with Gasteiger partial charge in [-0.3, -0.25) is 77.9 Å². The number of rotatable bonds is 46. The second-order valence-electron chi connectivity index (χ2n) is 19.8. The van der Waals surface area contributed by atoms with E-state index in [9.17, 15) is 47.9 Å². The van der Waals surface area contributed by atoms with Gasteiger partial charge in [-0.2, -0.15) is 0 Å². The molecule has 26 nitrogen and oxygen atoms in total. The molecule has 3 aromatic carbocycles. The second kappa shape index (κ2) is 69.5. The number of carbonyl (C=O) groups excluding carboxylic acids is 10. The second-order valence-corrected chi connectivity index (χ2v) is 22.8. The lowest BCUT2D eigenvalue weighted by Gasteiger charge is -2.10. The number of alkyl halides is 4. The maximum atomic E-state index is 10.8. The Morgan fingerprint density at radius 3 is 1.11 bits per heavy atom. The van der Waals surface area contributed by atoms with Crippen molar-refractivity contribution in [2.24, 2.45) is 39.9 Å². The molecule has 0 aliphatic carbocycles. The molecule has 552 valence electrons. The lowest BCUT2D eigenvalue weighted by Crippen LogP contribution is -2.41.